The number of aromatic nitrogens is 2. The fraction of sp³-hybridized carbons (Fsp3) is 0.600. The molecule has 2 heterocycles. The largest absolute Gasteiger partial charge is 0.421 e. The molecule has 1 saturated carbocycles. The van der Waals surface area contributed by atoms with E-state index in [4.69, 9.17) is 5.73 Å². The number of anilines is 2. The van der Waals surface area contributed by atoms with Gasteiger partial charge in [0.1, 0.15) is 5.56 Å². The minimum absolute atomic E-state index is 0.124. The molecule has 1 aliphatic carbocycles. The maximum atomic E-state index is 13.1. The Balaban J connectivity index is 1.48. The first-order valence-electron chi connectivity index (χ1n) is 12.0. The van der Waals surface area contributed by atoms with Gasteiger partial charge < -0.3 is 16.2 Å². The third-order valence-corrected chi connectivity index (χ3v) is 7.47. The van der Waals surface area contributed by atoms with Crippen LogP contribution in [0.2, 0.25) is 0 Å². The quantitative estimate of drug-likeness (QED) is 0.548. The van der Waals surface area contributed by atoms with Crippen molar-refractivity contribution in [3.05, 3.63) is 41.6 Å². The van der Waals surface area contributed by atoms with Crippen LogP contribution in [0.25, 0.3) is 0 Å². The van der Waals surface area contributed by atoms with Gasteiger partial charge in [0.15, 0.2) is 11.4 Å². The molecule has 4 N–H and O–H groups in total. The predicted molar refractivity (Wildman–Crippen MR) is 127 cm³/mol. The molecule has 0 spiro atoms. The highest BCUT2D eigenvalue weighted by atomic mass is 19.4. The molecule has 1 aliphatic heterocycles. The molecule has 192 valence electrons. The third kappa shape index (κ3) is 5.04. The van der Waals surface area contributed by atoms with E-state index in [0.29, 0.717) is 30.0 Å². The number of likely N-dealkylation sites (tertiary alicyclic amines) is 1. The molecule has 1 amide bonds. The Morgan fingerprint density at radius 2 is 1.83 bits per heavy atom. The number of nitrogens with two attached hydrogens (primary N) is 1. The summed E-state index contributed by atoms with van der Waals surface area (Å²) < 4.78 is 41.1. The van der Waals surface area contributed by atoms with E-state index in [-0.39, 0.29) is 23.0 Å². The molecule has 4 atom stereocenters. The van der Waals surface area contributed by atoms with Crippen molar-refractivity contribution < 1.29 is 23.1 Å². The fourth-order valence-corrected chi connectivity index (χ4v) is 5.40. The van der Waals surface area contributed by atoms with Gasteiger partial charge in [0, 0.05) is 31.0 Å². The standard InChI is InChI=1S/C25H34F3N5O2/c1-15-11-18(32-13-23(2,3)14-32)9-10-20(15)33-12-19(21(29)34)22(31-33)30-17-7-5-16(6-8-17)24(4,35)25(26,27)28/h5-8,12,15,18,20,35H,9-11,13-14H2,1-4H3,(H2,29,34)(H,30,31)/t15-,18-,20-,24-/m0/s1. The molecule has 0 bridgehead atoms. The van der Waals surface area contributed by atoms with E-state index in [2.05, 4.69) is 36.1 Å². The smallest absolute Gasteiger partial charge is 0.376 e. The Bertz CT molecular complexity index is 1070. The average Bonchev–Trinajstić information content (AvgIpc) is 3.15. The summed E-state index contributed by atoms with van der Waals surface area (Å²) in [5, 5.41) is 17.5. The number of carbonyl (C=O) groups excluding carboxylic acids is 1. The van der Waals surface area contributed by atoms with Crippen LogP contribution in [0.15, 0.2) is 30.5 Å². The van der Waals surface area contributed by atoms with Crippen LogP contribution in [-0.2, 0) is 5.60 Å². The summed E-state index contributed by atoms with van der Waals surface area (Å²) in [7, 11) is 0. The van der Waals surface area contributed by atoms with Crippen LogP contribution in [0.3, 0.4) is 0 Å². The number of halogens is 3. The second-order valence-corrected chi connectivity index (χ2v) is 11.1. The zero-order valence-electron chi connectivity index (χ0n) is 20.6. The van der Waals surface area contributed by atoms with Gasteiger partial charge in [0.25, 0.3) is 5.91 Å². The molecule has 1 aromatic heterocycles. The van der Waals surface area contributed by atoms with E-state index < -0.39 is 17.7 Å². The fourth-order valence-electron chi connectivity index (χ4n) is 5.40. The van der Waals surface area contributed by atoms with Crippen molar-refractivity contribution in [3.63, 3.8) is 0 Å². The summed E-state index contributed by atoms with van der Waals surface area (Å²) >= 11 is 0. The molecule has 10 heteroatoms. The number of hydrogen-bond donors (Lipinski definition) is 3. The van der Waals surface area contributed by atoms with Crippen molar-refractivity contribution in [3.8, 4) is 0 Å². The van der Waals surface area contributed by atoms with Gasteiger partial charge in [-0.3, -0.25) is 14.4 Å². The average molecular weight is 494 g/mol. The van der Waals surface area contributed by atoms with Crippen LogP contribution < -0.4 is 11.1 Å². The number of alkyl halides is 3. The molecule has 0 radical (unpaired) electrons. The first-order valence-corrected chi connectivity index (χ1v) is 12.0. The van der Waals surface area contributed by atoms with Crippen molar-refractivity contribution in [2.24, 2.45) is 17.1 Å². The van der Waals surface area contributed by atoms with E-state index in [0.717, 1.165) is 32.4 Å². The normalized spacial score (nSPS) is 26.6. The highest BCUT2D eigenvalue weighted by Gasteiger charge is 2.51. The SMILES string of the molecule is C[C@H]1C[C@@H](N2CC(C)(C)C2)CC[C@@H]1n1cc(C(N)=O)c(Nc2ccc([C@](C)(O)C(F)(F)F)cc2)n1. The minimum Gasteiger partial charge on any atom is -0.376 e. The number of amides is 1. The predicted octanol–water partition coefficient (Wildman–Crippen LogP) is 4.57. The highest BCUT2D eigenvalue weighted by Crippen LogP contribution is 2.41. The van der Waals surface area contributed by atoms with Gasteiger partial charge in [-0.15, -0.1) is 0 Å². The van der Waals surface area contributed by atoms with Crippen LogP contribution in [0.5, 0.6) is 0 Å². The molecule has 0 unspecified atom stereocenters. The van der Waals surface area contributed by atoms with Crippen LogP contribution in [-0.4, -0.2) is 51.0 Å². The maximum Gasteiger partial charge on any atom is 0.421 e. The Labute approximate surface area is 203 Å². The topological polar surface area (TPSA) is 96.4 Å². The lowest BCUT2D eigenvalue weighted by atomic mass is 9.77. The van der Waals surface area contributed by atoms with E-state index in [1.807, 2.05) is 0 Å². The van der Waals surface area contributed by atoms with Gasteiger partial charge in [0.05, 0.1) is 6.04 Å². The lowest BCUT2D eigenvalue weighted by Gasteiger charge is -2.52. The van der Waals surface area contributed by atoms with E-state index in [1.54, 1.807) is 10.9 Å². The monoisotopic (exact) mass is 493 g/mol. The number of aliphatic hydroxyl groups is 1. The Kier molecular flexibility index (Phi) is 6.42. The Morgan fingerprint density at radius 3 is 2.34 bits per heavy atom. The maximum absolute atomic E-state index is 13.1. The summed E-state index contributed by atoms with van der Waals surface area (Å²) in [4.78, 5) is 14.7. The summed E-state index contributed by atoms with van der Waals surface area (Å²) in [5.74, 6) is -0.0269. The number of rotatable bonds is 6. The lowest BCUT2D eigenvalue weighted by Crippen LogP contribution is -2.58. The first-order chi connectivity index (χ1) is 16.2. The molecule has 2 aromatic rings. The highest BCUT2D eigenvalue weighted by molar-refractivity contribution is 5.98. The summed E-state index contributed by atoms with van der Waals surface area (Å²) in [6.07, 6.45) is -0.109. The van der Waals surface area contributed by atoms with Crippen LogP contribution in [0.4, 0.5) is 24.7 Å². The zero-order chi connectivity index (χ0) is 25.8. The van der Waals surface area contributed by atoms with E-state index >= 15 is 0 Å². The summed E-state index contributed by atoms with van der Waals surface area (Å²) in [6, 6.07) is 5.88. The Morgan fingerprint density at radius 1 is 1.20 bits per heavy atom. The van der Waals surface area contributed by atoms with Crippen molar-refractivity contribution in [2.75, 3.05) is 18.4 Å². The van der Waals surface area contributed by atoms with Gasteiger partial charge in [-0.05, 0) is 55.2 Å². The van der Waals surface area contributed by atoms with Gasteiger partial charge in [0.2, 0.25) is 0 Å². The molecule has 7 nitrogen and oxygen atoms in total. The molecule has 2 fully saturated rings. The van der Waals surface area contributed by atoms with Crippen LogP contribution in [0.1, 0.15) is 68.9 Å². The molecule has 2 aliphatic rings. The minimum atomic E-state index is -4.80. The molecule has 1 aromatic carbocycles. The number of primary amides is 1. The van der Waals surface area contributed by atoms with E-state index in [9.17, 15) is 23.1 Å². The Hall–Kier alpha value is -2.59. The van der Waals surface area contributed by atoms with Crippen molar-refractivity contribution in [2.45, 2.75) is 70.8 Å². The lowest BCUT2D eigenvalue weighted by molar-refractivity contribution is -0.258. The van der Waals surface area contributed by atoms with Crippen molar-refractivity contribution >= 4 is 17.4 Å². The van der Waals surface area contributed by atoms with Gasteiger partial charge in [-0.1, -0.05) is 32.9 Å². The molecule has 1 saturated heterocycles. The second-order valence-electron chi connectivity index (χ2n) is 11.1. The second kappa shape index (κ2) is 8.81. The van der Waals surface area contributed by atoms with Crippen molar-refractivity contribution in [1.29, 1.82) is 0 Å². The number of hydrogen-bond acceptors (Lipinski definition) is 5. The summed E-state index contributed by atoms with van der Waals surface area (Å²) in [5.41, 5.74) is 3.37. The zero-order valence-corrected chi connectivity index (χ0v) is 20.6. The molecule has 4 rings (SSSR count). The van der Waals surface area contributed by atoms with Crippen molar-refractivity contribution in [1.82, 2.24) is 14.7 Å². The van der Waals surface area contributed by atoms with E-state index in [1.165, 1.54) is 24.3 Å². The number of nitrogens with zero attached hydrogens (tertiary/aromatic N) is 3. The molecular weight excluding hydrogens is 459 g/mol. The molecule has 35 heavy (non-hydrogen) atoms. The van der Waals surface area contributed by atoms with Gasteiger partial charge in [-0.25, -0.2) is 0 Å². The van der Waals surface area contributed by atoms with Crippen LogP contribution >= 0.6 is 0 Å². The number of benzene rings is 1. The van der Waals surface area contributed by atoms with Gasteiger partial charge in [-0.2, -0.15) is 18.3 Å². The first kappa shape index (κ1) is 25.5. The summed E-state index contributed by atoms with van der Waals surface area (Å²) in [6.45, 7) is 9.72. The van der Waals surface area contributed by atoms with Crippen LogP contribution in [0, 0.1) is 11.3 Å². The third-order valence-electron chi connectivity index (χ3n) is 7.47. The molecular formula is C25H34F3N5O2. The number of nitrogens with one attached hydrogen (secondary N) is 1. The van der Waals surface area contributed by atoms with Gasteiger partial charge >= 0.3 is 6.18 Å². The number of carbonyl (C=O) groups is 1.